The van der Waals surface area contributed by atoms with Crippen LogP contribution in [0.15, 0.2) is 25.9 Å². The van der Waals surface area contributed by atoms with Crippen molar-refractivity contribution in [1.29, 1.82) is 0 Å². The Bertz CT molecular complexity index is 1100. The molecule has 3 aromatic rings. The molecule has 3 rings (SSSR count). The van der Waals surface area contributed by atoms with Gasteiger partial charge in [0.1, 0.15) is 0 Å². The van der Waals surface area contributed by atoms with Crippen molar-refractivity contribution in [2.75, 3.05) is 0 Å². The van der Waals surface area contributed by atoms with E-state index in [-0.39, 0.29) is 22.8 Å². The molecule has 134 valence electrons. The third-order valence-corrected chi connectivity index (χ3v) is 4.91. The molecular formula is C15H11BrN4O6. The number of aromatic hydroxyl groups is 2. The number of hydrogen-bond donors (Lipinski definition) is 3. The van der Waals surface area contributed by atoms with E-state index in [0.29, 0.717) is 15.7 Å². The van der Waals surface area contributed by atoms with Gasteiger partial charge >= 0.3 is 5.69 Å². The minimum Gasteiger partial charge on any atom is -0.504 e. The van der Waals surface area contributed by atoms with Crippen LogP contribution in [-0.2, 0) is 0 Å². The quantitative estimate of drug-likeness (QED) is 0.330. The number of benzene rings is 1. The Morgan fingerprint density at radius 2 is 2.00 bits per heavy atom. The number of phenolic OH excluding ortho intramolecular Hbond substituents is 2. The van der Waals surface area contributed by atoms with E-state index < -0.39 is 27.7 Å². The Balaban J connectivity index is 2.15. The van der Waals surface area contributed by atoms with Crippen LogP contribution in [0.4, 0.5) is 5.69 Å². The predicted octanol–water partition coefficient (Wildman–Crippen LogP) is 2.79. The lowest BCUT2D eigenvalue weighted by Gasteiger charge is -2.05. The van der Waals surface area contributed by atoms with Crippen LogP contribution in [0.2, 0.25) is 0 Å². The number of nitrogens with zero attached hydrogens (tertiary/aromatic N) is 3. The number of nitro benzene ring substituents is 1. The number of aromatic amines is 1. The molecule has 0 radical (unpaired) electrons. The van der Waals surface area contributed by atoms with Crippen LogP contribution in [-0.4, -0.2) is 30.3 Å². The molecule has 0 aliphatic rings. The van der Waals surface area contributed by atoms with Gasteiger partial charge in [0, 0.05) is 16.2 Å². The molecule has 0 spiro atoms. The average Bonchev–Trinajstić information content (AvgIpc) is 3.04. The van der Waals surface area contributed by atoms with Gasteiger partial charge in [0.05, 0.1) is 16.1 Å². The van der Waals surface area contributed by atoms with Crippen molar-refractivity contribution < 1.29 is 19.7 Å². The molecule has 10 nitrogen and oxygen atoms in total. The first-order valence-electron chi connectivity index (χ1n) is 7.14. The molecule has 0 atom stereocenters. The summed E-state index contributed by atoms with van der Waals surface area (Å²) in [7, 11) is 0. The number of phenols is 2. The van der Waals surface area contributed by atoms with Crippen LogP contribution in [0.1, 0.15) is 11.3 Å². The van der Waals surface area contributed by atoms with Gasteiger partial charge in [0.25, 0.3) is 11.4 Å². The van der Waals surface area contributed by atoms with Gasteiger partial charge in [-0.15, -0.1) is 0 Å². The third kappa shape index (κ3) is 2.81. The zero-order valence-corrected chi connectivity index (χ0v) is 15.0. The molecule has 0 unspecified atom stereocenters. The molecule has 0 aliphatic heterocycles. The molecule has 0 aliphatic carbocycles. The topological polar surface area (TPSA) is 155 Å². The van der Waals surface area contributed by atoms with Crippen LogP contribution in [0.3, 0.4) is 0 Å². The van der Waals surface area contributed by atoms with Crippen molar-refractivity contribution in [3.8, 4) is 34.3 Å². The smallest absolute Gasteiger partial charge is 0.315 e. The van der Waals surface area contributed by atoms with Crippen LogP contribution in [0.25, 0.3) is 22.8 Å². The van der Waals surface area contributed by atoms with Crippen molar-refractivity contribution in [2.24, 2.45) is 0 Å². The van der Waals surface area contributed by atoms with Gasteiger partial charge < -0.3 is 19.7 Å². The molecule has 3 N–H and O–H groups in total. The first kappa shape index (κ1) is 17.6. The van der Waals surface area contributed by atoms with E-state index >= 15 is 0 Å². The monoisotopic (exact) mass is 422 g/mol. The summed E-state index contributed by atoms with van der Waals surface area (Å²) in [4.78, 5) is 29.1. The first-order valence-corrected chi connectivity index (χ1v) is 7.93. The lowest BCUT2D eigenvalue weighted by Crippen LogP contribution is -2.13. The highest BCUT2D eigenvalue weighted by Gasteiger charge is 2.23. The SMILES string of the molecule is Cc1[nH]c(=O)c(-c2noc(-c3cc(O)c(O)c([N+](=O)[O-])c3)n2)c(C)c1Br. The summed E-state index contributed by atoms with van der Waals surface area (Å²) in [5.74, 6) is -1.75. The van der Waals surface area contributed by atoms with E-state index in [1.807, 2.05) is 0 Å². The fourth-order valence-corrected chi connectivity index (χ4v) is 2.72. The second-order valence-corrected chi connectivity index (χ2v) is 6.23. The predicted molar refractivity (Wildman–Crippen MR) is 92.9 cm³/mol. The summed E-state index contributed by atoms with van der Waals surface area (Å²) in [5.41, 5.74) is 0.292. The highest BCUT2D eigenvalue weighted by atomic mass is 79.9. The number of pyridine rings is 1. The standard InChI is InChI=1S/C15H11BrN4O6/c1-5-10(14(23)17-6(2)11(5)16)13-18-15(26-19-13)7-3-8(20(24)25)12(22)9(21)4-7/h3-4,21-22H,1-2H3,(H,17,23). The van der Waals surface area contributed by atoms with Crippen LogP contribution in [0.5, 0.6) is 11.5 Å². The Morgan fingerprint density at radius 1 is 1.31 bits per heavy atom. The van der Waals surface area contributed by atoms with E-state index in [4.69, 9.17) is 4.52 Å². The summed E-state index contributed by atoms with van der Waals surface area (Å²) in [6.45, 7) is 3.43. The van der Waals surface area contributed by atoms with Crippen molar-refractivity contribution >= 4 is 21.6 Å². The maximum absolute atomic E-state index is 12.2. The molecule has 0 bridgehead atoms. The highest BCUT2D eigenvalue weighted by Crippen LogP contribution is 2.39. The van der Waals surface area contributed by atoms with Gasteiger partial charge in [-0.3, -0.25) is 14.9 Å². The van der Waals surface area contributed by atoms with Gasteiger partial charge in [0.15, 0.2) is 5.75 Å². The molecule has 11 heteroatoms. The zero-order valence-electron chi connectivity index (χ0n) is 13.4. The zero-order chi connectivity index (χ0) is 19.2. The van der Waals surface area contributed by atoms with Crippen molar-refractivity contribution in [2.45, 2.75) is 13.8 Å². The van der Waals surface area contributed by atoms with E-state index in [1.54, 1.807) is 13.8 Å². The first-order chi connectivity index (χ1) is 12.2. The third-order valence-electron chi connectivity index (χ3n) is 3.72. The van der Waals surface area contributed by atoms with Gasteiger partial charge in [-0.1, -0.05) is 5.16 Å². The molecule has 2 aromatic heterocycles. The number of aromatic nitrogens is 3. The fraction of sp³-hybridized carbons (Fsp3) is 0.133. The van der Waals surface area contributed by atoms with E-state index in [0.717, 1.165) is 12.1 Å². The average molecular weight is 423 g/mol. The number of H-pyrrole nitrogens is 1. The Morgan fingerprint density at radius 3 is 2.65 bits per heavy atom. The van der Waals surface area contributed by atoms with E-state index in [2.05, 4.69) is 31.1 Å². The lowest BCUT2D eigenvalue weighted by molar-refractivity contribution is -0.385. The second-order valence-electron chi connectivity index (χ2n) is 5.44. The second kappa shape index (κ2) is 6.26. The molecule has 1 aromatic carbocycles. The summed E-state index contributed by atoms with van der Waals surface area (Å²) < 4.78 is 5.75. The number of aryl methyl sites for hydroxylation is 1. The van der Waals surface area contributed by atoms with E-state index in [9.17, 15) is 25.1 Å². The van der Waals surface area contributed by atoms with Gasteiger partial charge in [-0.05, 0) is 41.4 Å². The summed E-state index contributed by atoms with van der Waals surface area (Å²) in [6.07, 6.45) is 0. The maximum Gasteiger partial charge on any atom is 0.315 e. The molecular weight excluding hydrogens is 412 g/mol. The molecule has 0 saturated heterocycles. The number of hydrogen-bond acceptors (Lipinski definition) is 8. The summed E-state index contributed by atoms with van der Waals surface area (Å²) in [5, 5.41) is 33.9. The molecule has 0 amide bonds. The minimum absolute atomic E-state index is 0.0188. The van der Waals surface area contributed by atoms with Gasteiger partial charge in [-0.25, -0.2) is 0 Å². The van der Waals surface area contributed by atoms with Gasteiger partial charge in [0.2, 0.25) is 11.6 Å². The van der Waals surface area contributed by atoms with E-state index in [1.165, 1.54) is 0 Å². The van der Waals surface area contributed by atoms with Gasteiger partial charge in [-0.2, -0.15) is 4.98 Å². The number of nitrogens with one attached hydrogen (secondary N) is 1. The maximum atomic E-state index is 12.2. The Labute approximate surface area is 153 Å². The highest BCUT2D eigenvalue weighted by molar-refractivity contribution is 9.10. The van der Waals surface area contributed by atoms with Crippen LogP contribution >= 0.6 is 15.9 Å². The number of rotatable bonds is 3. The van der Waals surface area contributed by atoms with Crippen molar-refractivity contribution in [1.82, 2.24) is 15.1 Å². The Kier molecular flexibility index (Phi) is 4.24. The minimum atomic E-state index is -0.867. The summed E-state index contributed by atoms with van der Waals surface area (Å²) >= 11 is 3.36. The summed E-state index contributed by atoms with van der Waals surface area (Å²) in [6, 6.07) is 2.02. The van der Waals surface area contributed by atoms with Crippen molar-refractivity contribution in [3.05, 3.63) is 48.3 Å². The fourth-order valence-electron chi connectivity index (χ4n) is 2.43. The largest absolute Gasteiger partial charge is 0.504 e. The van der Waals surface area contributed by atoms with Crippen molar-refractivity contribution in [3.63, 3.8) is 0 Å². The number of halogens is 1. The molecule has 2 heterocycles. The van der Waals surface area contributed by atoms with Crippen LogP contribution < -0.4 is 5.56 Å². The van der Waals surface area contributed by atoms with Crippen LogP contribution in [0, 0.1) is 24.0 Å². The normalized spacial score (nSPS) is 10.9. The Hall–Kier alpha value is -3.21. The molecule has 0 fully saturated rings. The lowest BCUT2D eigenvalue weighted by atomic mass is 10.1. The molecule has 0 saturated carbocycles. The number of nitro groups is 1. The molecule has 26 heavy (non-hydrogen) atoms.